The van der Waals surface area contributed by atoms with Crippen LogP contribution in [0.15, 0.2) is 30.3 Å². The minimum atomic E-state index is -0.552. The number of carbonyl (C=O) groups is 2. The van der Waals surface area contributed by atoms with Gasteiger partial charge in [-0.25, -0.2) is 4.68 Å². The van der Waals surface area contributed by atoms with Crippen molar-refractivity contribution in [2.45, 2.75) is 33.1 Å². The monoisotopic (exact) mass is 399 g/mol. The van der Waals surface area contributed by atoms with E-state index >= 15 is 0 Å². The molecule has 3 aromatic rings. The Morgan fingerprint density at radius 3 is 2.67 bits per heavy atom. The van der Waals surface area contributed by atoms with Crippen molar-refractivity contribution in [3.63, 3.8) is 0 Å². The lowest BCUT2D eigenvalue weighted by atomic mass is 9.87. The Morgan fingerprint density at radius 1 is 1.22 bits per heavy atom. The number of Topliss-reactive ketones (excluding diaryl/α,β-unsaturated/α-hetero) is 1. The van der Waals surface area contributed by atoms with E-state index in [1.54, 1.807) is 16.8 Å². The summed E-state index contributed by atoms with van der Waals surface area (Å²) in [7, 11) is 0. The molecule has 7 heteroatoms. The quantitative estimate of drug-likeness (QED) is 0.642. The van der Waals surface area contributed by atoms with Crippen molar-refractivity contribution in [2.24, 2.45) is 0 Å². The summed E-state index contributed by atoms with van der Waals surface area (Å²) in [5.41, 5.74) is 4.70. The number of hydrogen-bond donors (Lipinski definition) is 1. The standard InChI is InChI=1S/C20H18ClN3O2S/c1-10-4-5-13(8-11(10)2)24-20-18(12(3)23-24)14(9-17(25)22-20)19(26)15-6-7-16(21)27-15/h4-8,14H,9H2,1-3H3,(H,22,25). The fourth-order valence-corrected chi connectivity index (χ4v) is 4.47. The lowest BCUT2D eigenvalue weighted by Gasteiger charge is -2.22. The molecule has 0 fully saturated rings. The van der Waals surface area contributed by atoms with Crippen LogP contribution in [0.3, 0.4) is 0 Å². The molecule has 0 bridgehead atoms. The molecule has 0 radical (unpaired) electrons. The van der Waals surface area contributed by atoms with Crippen LogP contribution < -0.4 is 5.32 Å². The van der Waals surface area contributed by atoms with Crippen LogP contribution in [0.1, 0.15) is 44.4 Å². The van der Waals surface area contributed by atoms with E-state index in [0.717, 1.165) is 22.5 Å². The molecule has 1 aliphatic heterocycles. The average molecular weight is 400 g/mol. The predicted octanol–water partition coefficient (Wildman–Crippen LogP) is 4.82. The van der Waals surface area contributed by atoms with Crippen LogP contribution in [-0.2, 0) is 4.79 Å². The molecule has 1 aliphatic rings. The second-order valence-corrected chi connectivity index (χ2v) is 8.52. The van der Waals surface area contributed by atoms with Crippen LogP contribution in [0.4, 0.5) is 5.82 Å². The summed E-state index contributed by atoms with van der Waals surface area (Å²) in [4.78, 5) is 26.0. The number of aromatic nitrogens is 2. The highest BCUT2D eigenvalue weighted by Gasteiger charge is 2.36. The molecule has 0 saturated heterocycles. The van der Waals surface area contributed by atoms with Crippen molar-refractivity contribution in [1.29, 1.82) is 0 Å². The first-order chi connectivity index (χ1) is 12.8. The molecule has 27 heavy (non-hydrogen) atoms. The first-order valence-electron chi connectivity index (χ1n) is 8.61. The van der Waals surface area contributed by atoms with Crippen LogP contribution in [0.25, 0.3) is 5.69 Å². The minimum Gasteiger partial charge on any atom is -0.310 e. The van der Waals surface area contributed by atoms with Crippen molar-refractivity contribution >= 4 is 40.4 Å². The number of halogens is 1. The summed E-state index contributed by atoms with van der Waals surface area (Å²) in [5, 5.41) is 7.54. The zero-order valence-electron chi connectivity index (χ0n) is 15.2. The largest absolute Gasteiger partial charge is 0.310 e. The topological polar surface area (TPSA) is 64.0 Å². The number of fused-ring (bicyclic) bond motifs is 1. The van der Waals surface area contributed by atoms with E-state index < -0.39 is 5.92 Å². The van der Waals surface area contributed by atoms with Gasteiger partial charge in [-0.3, -0.25) is 9.59 Å². The number of thiophene rings is 1. The van der Waals surface area contributed by atoms with Gasteiger partial charge in [0.1, 0.15) is 5.82 Å². The molecule has 1 atom stereocenters. The number of carbonyl (C=O) groups excluding carboxylic acids is 2. The minimum absolute atomic E-state index is 0.0919. The Morgan fingerprint density at radius 2 is 2.00 bits per heavy atom. The molecule has 5 nitrogen and oxygen atoms in total. The number of anilines is 1. The highest BCUT2D eigenvalue weighted by molar-refractivity contribution is 7.18. The normalized spacial score (nSPS) is 16.1. The first-order valence-corrected chi connectivity index (χ1v) is 9.81. The molecule has 4 rings (SSSR count). The van der Waals surface area contributed by atoms with Crippen LogP contribution in [0.5, 0.6) is 0 Å². The highest BCUT2D eigenvalue weighted by Crippen LogP contribution is 2.39. The molecule has 3 heterocycles. The van der Waals surface area contributed by atoms with Crippen molar-refractivity contribution < 1.29 is 9.59 Å². The summed E-state index contributed by atoms with van der Waals surface area (Å²) in [5.74, 6) is -0.254. The fourth-order valence-electron chi connectivity index (χ4n) is 3.43. The van der Waals surface area contributed by atoms with Crippen molar-refractivity contribution in [2.75, 3.05) is 5.32 Å². The molecule has 0 aliphatic carbocycles. The Labute approximate surface area is 166 Å². The number of nitrogens with one attached hydrogen (secondary N) is 1. The Hall–Kier alpha value is -2.44. The van der Waals surface area contributed by atoms with Gasteiger partial charge in [0.05, 0.1) is 26.5 Å². The molecule has 0 spiro atoms. The summed E-state index contributed by atoms with van der Waals surface area (Å²) in [6.07, 6.45) is 0.112. The third kappa shape index (κ3) is 3.09. The van der Waals surface area contributed by atoms with Gasteiger partial charge in [-0.1, -0.05) is 17.7 Å². The van der Waals surface area contributed by atoms with Gasteiger partial charge in [0.25, 0.3) is 0 Å². The van der Waals surface area contributed by atoms with Gasteiger partial charge in [0.2, 0.25) is 5.91 Å². The van der Waals surface area contributed by atoms with Crippen molar-refractivity contribution in [3.8, 4) is 5.69 Å². The van der Waals surface area contributed by atoms with Gasteiger partial charge in [-0.15, -0.1) is 11.3 Å². The van der Waals surface area contributed by atoms with Crippen LogP contribution in [-0.4, -0.2) is 21.5 Å². The molecular formula is C20H18ClN3O2S. The summed E-state index contributed by atoms with van der Waals surface area (Å²) >= 11 is 7.22. The Balaban J connectivity index is 1.83. The van der Waals surface area contributed by atoms with E-state index in [2.05, 4.69) is 10.4 Å². The fraction of sp³-hybridized carbons (Fsp3) is 0.250. The molecule has 1 aromatic carbocycles. The molecular weight excluding hydrogens is 382 g/mol. The summed E-state index contributed by atoms with van der Waals surface area (Å²) < 4.78 is 2.27. The average Bonchev–Trinajstić information content (AvgIpc) is 3.20. The van der Waals surface area contributed by atoms with Crippen LogP contribution in [0, 0.1) is 20.8 Å². The van der Waals surface area contributed by atoms with Crippen LogP contribution >= 0.6 is 22.9 Å². The van der Waals surface area contributed by atoms with E-state index in [4.69, 9.17) is 11.6 Å². The molecule has 2 aromatic heterocycles. The van der Waals surface area contributed by atoms with Gasteiger partial charge >= 0.3 is 0 Å². The van der Waals surface area contributed by atoms with Crippen molar-refractivity contribution in [3.05, 3.63) is 61.9 Å². The van der Waals surface area contributed by atoms with Gasteiger partial charge < -0.3 is 5.32 Å². The van der Waals surface area contributed by atoms with E-state index in [0.29, 0.717) is 15.0 Å². The zero-order valence-corrected chi connectivity index (χ0v) is 16.7. The molecule has 1 N–H and O–H groups in total. The lowest BCUT2D eigenvalue weighted by molar-refractivity contribution is -0.116. The number of aryl methyl sites for hydroxylation is 3. The summed E-state index contributed by atoms with van der Waals surface area (Å²) in [6.45, 7) is 5.95. The third-order valence-corrected chi connectivity index (χ3v) is 6.22. The number of amides is 1. The van der Waals surface area contributed by atoms with Gasteiger partial charge in [-0.2, -0.15) is 5.10 Å². The third-order valence-electron chi connectivity index (χ3n) is 4.97. The number of nitrogens with zero attached hydrogens (tertiary/aromatic N) is 2. The van der Waals surface area contributed by atoms with Crippen LogP contribution in [0.2, 0.25) is 4.34 Å². The SMILES string of the molecule is Cc1ccc(-n2nc(C)c3c2NC(=O)CC3C(=O)c2ccc(Cl)s2)cc1C. The second-order valence-electron chi connectivity index (χ2n) is 6.80. The van der Waals surface area contributed by atoms with Gasteiger partial charge in [0.15, 0.2) is 5.78 Å². The first kappa shape index (κ1) is 17.9. The maximum absolute atomic E-state index is 13.1. The van der Waals surface area contributed by atoms with E-state index in [1.807, 2.05) is 39.0 Å². The number of ketones is 1. The molecule has 138 valence electrons. The molecule has 1 unspecified atom stereocenters. The Kier molecular flexibility index (Phi) is 4.40. The molecule has 0 saturated carbocycles. The maximum Gasteiger partial charge on any atom is 0.226 e. The zero-order chi connectivity index (χ0) is 19.3. The van der Waals surface area contributed by atoms with E-state index in [-0.39, 0.29) is 18.1 Å². The lowest BCUT2D eigenvalue weighted by Crippen LogP contribution is -2.28. The predicted molar refractivity (Wildman–Crippen MR) is 107 cm³/mol. The number of hydrogen-bond acceptors (Lipinski definition) is 4. The van der Waals surface area contributed by atoms with E-state index in [1.165, 1.54) is 16.9 Å². The second kappa shape index (κ2) is 6.62. The van der Waals surface area contributed by atoms with Gasteiger partial charge in [0, 0.05) is 12.0 Å². The highest BCUT2D eigenvalue weighted by atomic mass is 35.5. The maximum atomic E-state index is 13.1. The number of rotatable bonds is 3. The molecule has 1 amide bonds. The van der Waals surface area contributed by atoms with E-state index in [9.17, 15) is 9.59 Å². The Bertz CT molecular complexity index is 1080. The number of benzene rings is 1. The van der Waals surface area contributed by atoms with Gasteiger partial charge in [-0.05, 0) is 56.2 Å². The smallest absolute Gasteiger partial charge is 0.226 e. The summed E-state index contributed by atoms with van der Waals surface area (Å²) in [6, 6.07) is 9.43. The van der Waals surface area contributed by atoms with Crippen molar-refractivity contribution in [1.82, 2.24) is 9.78 Å².